The minimum atomic E-state index is -3.51. The van der Waals surface area contributed by atoms with Crippen LogP contribution in [0.5, 0.6) is 0 Å². The van der Waals surface area contributed by atoms with Gasteiger partial charge in [0.25, 0.3) is 5.91 Å². The molecule has 1 aromatic heterocycles. The van der Waals surface area contributed by atoms with Crippen molar-refractivity contribution in [3.8, 4) is 0 Å². The number of aromatic nitrogens is 1. The fraction of sp³-hybridized carbons (Fsp3) is 0.688. The Bertz CT molecular complexity index is 680. The number of carbonyl (C=O) groups is 1. The number of H-pyrrole nitrogens is 1. The van der Waals surface area contributed by atoms with Crippen LogP contribution in [0.15, 0.2) is 17.2 Å². The van der Waals surface area contributed by atoms with Gasteiger partial charge >= 0.3 is 0 Å². The summed E-state index contributed by atoms with van der Waals surface area (Å²) in [5.74, 6) is 2.04. The first-order chi connectivity index (χ1) is 11.5. The third kappa shape index (κ3) is 3.97. The molecule has 0 aromatic carbocycles. The average Bonchev–Trinajstić information content (AvgIpc) is 3.07. The lowest BCUT2D eigenvalue weighted by molar-refractivity contribution is 0.0917. The van der Waals surface area contributed by atoms with Crippen LogP contribution in [-0.4, -0.2) is 54.3 Å². The Labute approximate surface area is 147 Å². The van der Waals surface area contributed by atoms with E-state index in [9.17, 15) is 13.2 Å². The van der Waals surface area contributed by atoms with E-state index in [1.807, 2.05) is 0 Å². The van der Waals surface area contributed by atoms with Crippen LogP contribution >= 0.6 is 11.8 Å². The number of carbonyl (C=O) groups excluding carboxylic acids is 1. The smallest absolute Gasteiger partial charge is 0.267 e. The molecule has 8 heteroatoms. The Kier molecular flexibility index (Phi) is 5.56. The summed E-state index contributed by atoms with van der Waals surface area (Å²) in [5.41, 5.74) is 0.318. The molecule has 1 aliphatic heterocycles. The largest absolute Gasteiger partial charge is 0.356 e. The molecule has 2 aliphatic rings. The van der Waals surface area contributed by atoms with E-state index in [-0.39, 0.29) is 16.8 Å². The van der Waals surface area contributed by atoms with Gasteiger partial charge < -0.3 is 10.3 Å². The second kappa shape index (κ2) is 7.49. The molecule has 6 nitrogen and oxygen atoms in total. The monoisotopic (exact) mass is 371 g/mol. The average molecular weight is 372 g/mol. The van der Waals surface area contributed by atoms with Gasteiger partial charge in [-0.05, 0) is 24.8 Å². The SMILES string of the molecule is CC1CCCC(NC(=O)c2cc(S(=O)(=O)N3CCSCC3)c[nH]2)C1. The summed E-state index contributed by atoms with van der Waals surface area (Å²) in [6.45, 7) is 3.26. The highest BCUT2D eigenvalue weighted by molar-refractivity contribution is 7.99. The van der Waals surface area contributed by atoms with E-state index in [4.69, 9.17) is 0 Å². The van der Waals surface area contributed by atoms with E-state index >= 15 is 0 Å². The quantitative estimate of drug-likeness (QED) is 0.849. The number of aromatic amines is 1. The molecule has 1 aliphatic carbocycles. The van der Waals surface area contributed by atoms with Crippen molar-refractivity contribution >= 4 is 27.7 Å². The van der Waals surface area contributed by atoms with Gasteiger partial charge in [0.05, 0.1) is 0 Å². The minimum Gasteiger partial charge on any atom is -0.356 e. The van der Waals surface area contributed by atoms with Crippen molar-refractivity contribution in [2.75, 3.05) is 24.6 Å². The van der Waals surface area contributed by atoms with Gasteiger partial charge in [-0.3, -0.25) is 4.79 Å². The summed E-state index contributed by atoms with van der Waals surface area (Å²) < 4.78 is 26.7. The van der Waals surface area contributed by atoms with E-state index < -0.39 is 10.0 Å². The second-order valence-electron chi connectivity index (χ2n) is 6.71. The Morgan fingerprint density at radius 1 is 1.33 bits per heavy atom. The molecule has 2 unspecified atom stereocenters. The van der Waals surface area contributed by atoms with Crippen LogP contribution in [-0.2, 0) is 10.0 Å². The van der Waals surface area contributed by atoms with Crippen LogP contribution in [0.1, 0.15) is 43.1 Å². The number of hydrogen-bond donors (Lipinski definition) is 2. The van der Waals surface area contributed by atoms with E-state index in [0.29, 0.717) is 24.7 Å². The maximum Gasteiger partial charge on any atom is 0.267 e. The highest BCUT2D eigenvalue weighted by Crippen LogP contribution is 2.24. The van der Waals surface area contributed by atoms with Gasteiger partial charge in [-0.15, -0.1) is 0 Å². The fourth-order valence-corrected chi connectivity index (χ4v) is 5.99. The Morgan fingerprint density at radius 3 is 2.79 bits per heavy atom. The predicted octanol–water partition coefficient (Wildman–Crippen LogP) is 2.06. The summed E-state index contributed by atoms with van der Waals surface area (Å²) in [4.78, 5) is 15.4. The molecule has 0 radical (unpaired) electrons. The number of nitrogens with zero attached hydrogens (tertiary/aromatic N) is 1. The van der Waals surface area contributed by atoms with Crippen LogP contribution < -0.4 is 5.32 Å². The van der Waals surface area contributed by atoms with Gasteiger partial charge in [-0.1, -0.05) is 19.8 Å². The molecule has 24 heavy (non-hydrogen) atoms. The van der Waals surface area contributed by atoms with Gasteiger partial charge in [0, 0.05) is 36.8 Å². The molecule has 3 rings (SSSR count). The van der Waals surface area contributed by atoms with Crippen LogP contribution in [0, 0.1) is 5.92 Å². The zero-order valence-corrected chi connectivity index (χ0v) is 15.6. The van der Waals surface area contributed by atoms with E-state index in [0.717, 1.165) is 30.8 Å². The topological polar surface area (TPSA) is 82.3 Å². The molecule has 1 aromatic rings. The van der Waals surface area contributed by atoms with Crippen molar-refractivity contribution in [1.82, 2.24) is 14.6 Å². The van der Waals surface area contributed by atoms with Crippen molar-refractivity contribution in [3.05, 3.63) is 18.0 Å². The maximum atomic E-state index is 12.6. The minimum absolute atomic E-state index is 0.177. The molecule has 1 saturated heterocycles. The number of rotatable bonds is 4. The third-order valence-corrected chi connectivity index (χ3v) is 7.60. The Morgan fingerprint density at radius 2 is 2.08 bits per heavy atom. The van der Waals surface area contributed by atoms with Crippen LogP contribution in [0.25, 0.3) is 0 Å². The first-order valence-electron chi connectivity index (χ1n) is 8.54. The second-order valence-corrected chi connectivity index (χ2v) is 9.87. The first kappa shape index (κ1) is 17.8. The predicted molar refractivity (Wildman–Crippen MR) is 95.8 cm³/mol. The van der Waals surface area contributed by atoms with Crippen LogP contribution in [0.4, 0.5) is 0 Å². The number of nitrogens with one attached hydrogen (secondary N) is 2. The Balaban J connectivity index is 1.67. The molecule has 0 bridgehead atoms. The number of hydrogen-bond acceptors (Lipinski definition) is 4. The van der Waals surface area contributed by atoms with Crippen LogP contribution in [0.2, 0.25) is 0 Å². The summed E-state index contributed by atoms with van der Waals surface area (Å²) in [5, 5.41) is 3.03. The molecule has 0 spiro atoms. The Hall–Kier alpha value is -0.990. The van der Waals surface area contributed by atoms with Crippen molar-refractivity contribution in [1.29, 1.82) is 0 Å². The summed E-state index contributed by atoms with van der Waals surface area (Å²) in [6.07, 6.45) is 5.75. The van der Waals surface area contributed by atoms with Gasteiger partial charge in [-0.2, -0.15) is 16.1 Å². The van der Waals surface area contributed by atoms with Crippen molar-refractivity contribution in [2.24, 2.45) is 5.92 Å². The van der Waals surface area contributed by atoms with Gasteiger partial charge in [0.1, 0.15) is 10.6 Å². The lowest BCUT2D eigenvalue weighted by atomic mass is 9.87. The van der Waals surface area contributed by atoms with Gasteiger partial charge in [0.15, 0.2) is 0 Å². The molecular formula is C16H25N3O3S2. The zero-order chi connectivity index (χ0) is 17.2. The maximum absolute atomic E-state index is 12.6. The summed E-state index contributed by atoms with van der Waals surface area (Å²) >= 11 is 1.76. The molecule has 1 amide bonds. The van der Waals surface area contributed by atoms with E-state index in [1.54, 1.807) is 11.8 Å². The molecule has 2 N–H and O–H groups in total. The highest BCUT2D eigenvalue weighted by atomic mass is 32.2. The molecular weight excluding hydrogens is 346 g/mol. The zero-order valence-electron chi connectivity index (χ0n) is 14.0. The molecule has 2 atom stereocenters. The first-order valence-corrected chi connectivity index (χ1v) is 11.1. The number of sulfonamides is 1. The molecule has 134 valence electrons. The van der Waals surface area contributed by atoms with Crippen molar-refractivity contribution in [2.45, 2.75) is 43.5 Å². The lowest BCUT2D eigenvalue weighted by Gasteiger charge is -2.27. The summed E-state index contributed by atoms with van der Waals surface area (Å²) in [6, 6.07) is 1.64. The fourth-order valence-electron chi connectivity index (χ4n) is 3.42. The van der Waals surface area contributed by atoms with E-state index in [2.05, 4.69) is 17.2 Å². The highest BCUT2D eigenvalue weighted by Gasteiger charge is 2.28. The lowest BCUT2D eigenvalue weighted by Crippen LogP contribution is -2.38. The van der Waals surface area contributed by atoms with Gasteiger partial charge in [-0.25, -0.2) is 8.42 Å². The number of thioether (sulfide) groups is 1. The van der Waals surface area contributed by atoms with E-state index in [1.165, 1.54) is 23.0 Å². The van der Waals surface area contributed by atoms with Crippen molar-refractivity contribution in [3.63, 3.8) is 0 Å². The number of amides is 1. The van der Waals surface area contributed by atoms with Crippen molar-refractivity contribution < 1.29 is 13.2 Å². The third-order valence-electron chi connectivity index (χ3n) is 4.78. The molecule has 1 saturated carbocycles. The van der Waals surface area contributed by atoms with Crippen LogP contribution in [0.3, 0.4) is 0 Å². The summed E-state index contributed by atoms with van der Waals surface area (Å²) in [7, 11) is -3.51. The van der Waals surface area contributed by atoms with Gasteiger partial charge in [0.2, 0.25) is 10.0 Å². The standard InChI is InChI=1S/C16H25N3O3S2/c1-12-3-2-4-13(9-12)18-16(20)15-10-14(11-17-15)24(21,22)19-5-7-23-8-6-19/h10-13,17H,2-9H2,1H3,(H,18,20). The normalized spacial score (nSPS) is 26.2. The molecule has 2 fully saturated rings. The molecule has 2 heterocycles.